The molecule has 9 heteroatoms. The quantitative estimate of drug-likeness (QED) is 0.792. The fourth-order valence-corrected chi connectivity index (χ4v) is 2.87. The summed E-state index contributed by atoms with van der Waals surface area (Å²) >= 11 is 5.64. The summed E-state index contributed by atoms with van der Waals surface area (Å²) in [6.07, 6.45) is 0. The van der Waals surface area contributed by atoms with Crippen molar-refractivity contribution in [2.45, 2.75) is 25.5 Å². The van der Waals surface area contributed by atoms with E-state index in [4.69, 9.17) is 22.3 Å². The summed E-state index contributed by atoms with van der Waals surface area (Å²) in [6, 6.07) is 4.08. The van der Waals surface area contributed by atoms with Crippen molar-refractivity contribution in [1.82, 2.24) is 14.8 Å². The van der Waals surface area contributed by atoms with Gasteiger partial charge in [-0.2, -0.15) is 0 Å². The molecular weight excluding hydrogens is 340 g/mol. The van der Waals surface area contributed by atoms with Crippen LogP contribution < -0.4 is 0 Å². The molecule has 0 spiro atoms. The summed E-state index contributed by atoms with van der Waals surface area (Å²) in [5.41, 5.74) is 0.372. The summed E-state index contributed by atoms with van der Waals surface area (Å²) < 4.78 is 38.0. The SMILES string of the molecule is CC(C)Cn1c(-c2ccc(Cl)c(F)c2)nnc1S(=O)(=O)Cl. The second-order valence-corrected chi connectivity index (χ2v) is 7.74. The lowest BCUT2D eigenvalue weighted by Gasteiger charge is -2.11. The smallest absolute Gasteiger partial charge is 0.296 e. The fraction of sp³-hybridized carbons (Fsp3) is 0.333. The number of halogens is 3. The maximum Gasteiger partial charge on any atom is 0.296 e. The van der Waals surface area contributed by atoms with Crippen molar-refractivity contribution in [2.24, 2.45) is 5.92 Å². The van der Waals surface area contributed by atoms with Crippen LogP contribution in [-0.2, 0) is 15.6 Å². The van der Waals surface area contributed by atoms with Crippen LogP contribution in [0.3, 0.4) is 0 Å². The van der Waals surface area contributed by atoms with Crippen LogP contribution in [0.25, 0.3) is 11.4 Å². The summed E-state index contributed by atoms with van der Waals surface area (Å²) in [5.74, 6) is -0.281. The van der Waals surface area contributed by atoms with E-state index in [2.05, 4.69) is 10.2 Å². The summed E-state index contributed by atoms with van der Waals surface area (Å²) in [4.78, 5) is 0. The Balaban J connectivity index is 2.63. The predicted octanol–water partition coefficient (Wildman–Crippen LogP) is 3.32. The molecule has 0 radical (unpaired) electrons. The van der Waals surface area contributed by atoms with Gasteiger partial charge in [-0.05, 0) is 24.1 Å². The highest BCUT2D eigenvalue weighted by molar-refractivity contribution is 8.13. The van der Waals surface area contributed by atoms with E-state index in [1.165, 1.54) is 22.8 Å². The van der Waals surface area contributed by atoms with Crippen LogP contribution >= 0.6 is 22.3 Å². The van der Waals surface area contributed by atoms with Crippen molar-refractivity contribution >= 4 is 31.3 Å². The van der Waals surface area contributed by atoms with E-state index in [0.717, 1.165) is 0 Å². The highest BCUT2D eigenvalue weighted by atomic mass is 35.7. The normalized spacial score (nSPS) is 12.1. The zero-order chi connectivity index (χ0) is 15.8. The van der Waals surface area contributed by atoms with E-state index in [0.29, 0.717) is 12.1 Å². The van der Waals surface area contributed by atoms with Crippen molar-refractivity contribution in [3.05, 3.63) is 29.0 Å². The molecule has 0 aliphatic carbocycles. The third-order valence-corrected chi connectivity index (χ3v) is 4.12. The third-order valence-electron chi connectivity index (χ3n) is 2.66. The Bertz CT molecular complexity index is 775. The maximum atomic E-state index is 13.6. The molecule has 0 atom stereocenters. The molecule has 5 nitrogen and oxygen atoms in total. The Kier molecular flexibility index (Phi) is 4.55. The number of rotatable bonds is 4. The van der Waals surface area contributed by atoms with Gasteiger partial charge in [0.1, 0.15) is 5.82 Å². The van der Waals surface area contributed by atoms with Crippen LogP contribution in [0.2, 0.25) is 5.02 Å². The lowest BCUT2D eigenvalue weighted by atomic mass is 10.2. The van der Waals surface area contributed by atoms with Crippen LogP contribution in [0.15, 0.2) is 23.4 Å². The molecule has 1 aromatic heterocycles. The summed E-state index contributed by atoms with van der Waals surface area (Å²) in [7, 11) is 1.32. The molecule has 21 heavy (non-hydrogen) atoms. The molecule has 0 aliphatic rings. The Labute approximate surface area is 131 Å². The molecular formula is C12H12Cl2FN3O2S. The number of hydrogen-bond donors (Lipinski definition) is 0. The van der Waals surface area contributed by atoms with Gasteiger partial charge in [0, 0.05) is 22.8 Å². The molecule has 0 unspecified atom stereocenters. The standard InChI is InChI=1S/C12H12Cl2FN3O2S/c1-7(2)6-18-11(16-17-12(18)21(14,19)20)8-3-4-9(13)10(15)5-8/h3-5,7H,6H2,1-2H3. The van der Waals surface area contributed by atoms with E-state index in [-0.39, 0.29) is 21.9 Å². The Morgan fingerprint density at radius 3 is 2.52 bits per heavy atom. The van der Waals surface area contributed by atoms with Gasteiger partial charge in [0.15, 0.2) is 5.82 Å². The van der Waals surface area contributed by atoms with Crippen molar-refractivity contribution in [1.29, 1.82) is 0 Å². The molecule has 0 aliphatic heterocycles. The molecule has 0 saturated heterocycles. The average molecular weight is 352 g/mol. The van der Waals surface area contributed by atoms with Crippen molar-refractivity contribution < 1.29 is 12.8 Å². The average Bonchev–Trinajstić information content (AvgIpc) is 2.75. The molecule has 114 valence electrons. The topological polar surface area (TPSA) is 64.8 Å². The molecule has 1 heterocycles. The van der Waals surface area contributed by atoms with E-state index in [1.807, 2.05) is 13.8 Å². The number of aromatic nitrogens is 3. The van der Waals surface area contributed by atoms with Gasteiger partial charge in [0.25, 0.3) is 14.2 Å². The minimum Gasteiger partial charge on any atom is -0.297 e. The van der Waals surface area contributed by atoms with E-state index < -0.39 is 14.9 Å². The first-order valence-electron chi connectivity index (χ1n) is 6.03. The van der Waals surface area contributed by atoms with Gasteiger partial charge < -0.3 is 0 Å². The highest BCUT2D eigenvalue weighted by Crippen LogP contribution is 2.26. The molecule has 0 bridgehead atoms. The highest BCUT2D eigenvalue weighted by Gasteiger charge is 2.24. The summed E-state index contributed by atoms with van der Waals surface area (Å²) in [5, 5.41) is 7.04. The molecule has 0 N–H and O–H groups in total. The van der Waals surface area contributed by atoms with Gasteiger partial charge in [-0.3, -0.25) is 4.57 Å². The van der Waals surface area contributed by atoms with Crippen LogP contribution in [0.1, 0.15) is 13.8 Å². The third kappa shape index (κ3) is 3.53. The maximum absolute atomic E-state index is 13.6. The van der Waals surface area contributed by atoms with E-state index >= 15 is 0 Å². The number of benzene rings is 1. The van der Waals surface area contributed by atoms with E-state index in [1.54, 1.807) is 0 Å². The van der Waals surface area contributed by atoms with E-state index in [9.17, 15) is 12.8 Å². The second kappa shape index (κ2) is 5.90. The predicted molar refractivity (Wildman–Crippen MR) is 78.3 cm³/mol. The van der Waals surface area contributed by atoms with Gasteiger partial charge in [-0.15, -0.1) is 10.2 Å². The first-order chi connectivity index (χ1) is 9.70. The first-order valence-corrected chi connectivity index (χ1v) is 8.72. The van der Waals surface area contributed by atoms with Crippen molar-refractivity contribution in [3.8, 4) is 11.4 Å². The van der Waals surface area contributed by atoms with Gasteiger partial charge in [0.2, 0.25) is 0 Å². The Morgan fingerprint density at radius 1 is 1.33 bits per heavy atom. The van der Waals surface area contributed by atoms with Gasteiger partial charge in [-0.1, -0.05) is 25.4 Å². The van der Waals surface area contributed by atoms with Gasteiger partial charge in [-0.25, -0.2) is 12.8 Å². The van der Waals surface area contributed by atoms with Gasteiger partial charge in [0.05, 0.1) is 5.02 Å². The summed E-state index contributed by atoms with van der Waals surface area (Å²) in [6.45, 7) is 4.13. The zero-order valence-electron chi connectivity index (χ0n) is 11.2. The zero-order valence-corrected chi connectivity index (χ0v) is 13.5. The minimum absolute atomic E-state index is 0.0288. The van der Waals surface area contributed by atoms with Crippen LogP contribution in [0.5, 0.6) is 0 Å². The Hall–Kier alpha value is -1.18. The van der Waals surface area contributed by atoms with Crippen LogP contribution in [0, 0.1) is 11.7 Å². The minimum atomic E-state index is -4.04. The monoisotopic (exact) mass is 351 g/mol. The molecule has 0 saturated carbocycles. The molecule has 2 rings (SSSR count). The lowest BCUT2D eigenvalue weighted by Crippen LogP contribution is -2.11. The Morgan fingerprint density at radius 2 is 2.00 bits per heavy atom. The second-order valence-electron chi connectivity index (χ2n) is 4.88. The molecule has 0 amide bonds. The van der Waals surface area contributed by atoms with Crippen molar-refractivity contribution in [2.75, 3.05) is 0 Å². The van der Waals surface area contributed by atoms with Crippen LogP contribution in [0.4, 0.5) is 4.39 Å². The molecule has 0 fully saturated rings. The first kappa shape index (κ1) is 16.2. The van der Waals surface area contributed by atoms with Crippen molar-refractivity contribution in [3.63, 3.8) is 0 Å². The fourth-order valence-electron chi connectivity index (χ4n) is 1.85. The van der Waals surface area contributed by atoms with Gasteiger partial charge >= 0.3 is 0 Å². The molecule has 2 aromatic rings. The van der Waals surface area contributed by atoms with Crippen LogP contribution in [-0.4, -0.2) is 23.2 Å². The number of nitrogens with zero attached hydrogens (tertiary/aromatic N) is 3. The molecule has 1 aromatic carbocycles. The lowest BCUT2D eigenvalue weighted by molar-refractivity contribution is 0.488. The largest absolute Gasteiger partial charge is 0.297 e. The number of hydrogen-bond acceptors (Lipinski definition) is 4.